The lowest BCUT2D eigenvalue weighted by atomic mass is 10.2. The Morgan fingerprint density at radius 3 is 2.85 bits per heavy atom. The number of halogens is 3. The third kappa shape index (κ3) is 5.05. The number of carbonyl (C=O) groups is 1. The lowest BCUT2D eigenvalue weighted by Crippen LogP contribution is -2.39. The number of anilines is 1. The first-order valence-electron chi connectivity index (χ1n) is 8.42. The first kappa shape index (κ1) is 19.8. The molecule has 0 aromatic heterocycles. The highest BCUT2D eigenvalue weighted by atomic mass is 79.9. The van der Waals surface area contributed by atoms with Crippen molar-refractivity contribution in [1.29, 1.82) is 0 Å². The molecule has 0 aliphatic carbocycles. The Bertz CT molecular complexity index is 837. The van der Waals surface area contributed by atoms with Crippen LogP contribution in [-0.2, 0) is 4.79 Å². The number of ether oxygens (including phenoxy) is 2. The number of benzene rings is 2. The van der Waals surface area contributed by atoms with E-state index in [1.54, 1.807) is 19.2 Å². The van der Waals surface area contributed by atoms with E-state index in [4.69, 9.17) is 21.1 Å². The SMILES string of the molecule is COc1ccc(Cl)cc1N1CCC(NC(=O)COc2ccc(Br)cc2F)C1. The van der Waals surface area contributed by atoms with Gasteiger partial charge in [0, 0.05) is 28.6 Å². The summed E-state index contributed by atoms with van der Waals surface area (Å²) < 4.78 is 25.0. The molecule has 1 N–H and O–H groups in total. The summed E-state index contributed by atoms with van der Waals surface area (Å²) in [5, 5.41) is 3.55. The summed E-state index contributed by atoms with van der Waals surface area (Å²) in [6.45, 7) is 1.16. The van der Waals surface area contributed by atoms with Crippen LogP contribution in [0.25, 0.3) is 0 Å². The first-order valence-corrected chi connectivity index (χ1v) is 9.59. The lowest BCUT2D eigenvalue weighted by Gasteiger charge is -2.21. The quantitative estimate of drug-likeness (QED) is 0.712. The van der Waals surface area contributed by atoms with Crippen molar-refractivity contribution in [2.24, 2.45) is 0 Å². The molecular weight excluding hydrogens is 439 g/mol. The molecule has 1 amide bonds. The van der Waals surface area contributed by atoms with Gasteiger partial charge in [-0.15, -0.1) is 0 Å². The van der Waals surface area contributed by atoms with Crippen molar-refractivity contribution >= 4 is 39.1 Å². The Hall–Kier alpha value is -1.99. The fourth-order valence-corrected chi connectivity index (χ4v) is 3.51. The molecule has 1 atom stereocenters. The Morgan fingerprint density at radius 1 is 1.33 bits per heavy atom. The fraction of sp³-hybridized carbons (Fsp3) is 0.316. The largest absolute Gasteiger partial charge is 0.495 e. The van der Waals surface area contributed by atoms with E-state index in [1.807, 2.05) is 12.1 Å². The van der Waals surface area contributed by atoms with E-state index in [1.165, 1.54) is 12.1 Å². The molecule has 0 saturated carbocycles. The summed E-state index contributed by atoms with van der Waals surface area (Å²) in [6.07, 6.45) is 0.786. The molecule has 0 radical (unpaired) electrons. The highest BCUT2D eigenvalue weighted by Gasteiger charge is 2.26. The molecule has 5 nitrogen and oxygen atoms in total. The molecule has 1 heterocycles. The van der Waals surface area contributed by atoms with E-state index >= 15 is 0 Å². The summed E-state index contributed by atoms with van der Waals surface area (Å²) in [5.41, 5.74) is 0.898. The Kier molecular flexibility index (Phi) is 6.44. The molecule has 27 heavy (non-hydrogen) atoms. The zero-order valence-corrected chi connectivity index (χ0v) is 17.0. The van der Waals surface area contributed by atoms with Crippen molar-refractivity contribution in [1.82, 2.24) is 5.32 Å². The summed E-state index contributed by atoms with van der Waals surface area (Å²) >= 11 is 9.27. The predicted octanol–water partition coefficient (Wildman–Crippen LogP) is 4.02. The van der Waals surface area contributed by atoms with Crippen molar-refractivity contribution in [3.63, 3.8) is 0 Å². The molecule has 0 bridgehead atoms. The molecule has 8 heteroatoms. The number of hydrogen-bond donors (Lipinski definition) is 1. The Balaban J connectivity index is 1.53. The molecular formula is C19H19BrClFN2O3. The summed E-state index contributed by atoms with van der Waals surface area (Å²) in [7, 11) is 1.61. The van der Waals surface area contributed by atoms with Crippen LogP contribution in [0, 0.1) is 5.82 Å². The van der Waals surface area contributed by atoms with E-state index in [9.17, 15) is 9.18 Å². The molecule has 1 saturated heterocycles. The third-order valence-corrected chi connectivity index (χ3v) is 5.02. The minimum atomic E-state index is -0.516. The number of carbonyl (C=O) groups excluding carboxylic acids is 1. The molecule has 1 fully saturated rings. The van der Waals surface area contributed by atoms with Gasteiger partial charge in [-0.25, -0.2) is 4.39 Å². The molecule has 1 aliphatic heterocycles. The minimum absolute atomic E-state index is 0.0282. The molecule has 0 spiro atoms. The van der Waals surface area contributed by atoms with E-state index in [2.05, 4.69) is 26.1 Å². The van der Waals surface area contributed by atoms with Gasteiger partial charge in [-0.2, -0.15) is 0 Å². The molecule has 144 valence electrons. The monoisotopic (exact) mass is 456 g/mol. The second-order valence-electron chi connectivity index (χ2n) is 6.18. The maximum absolute atomic E-state index is 13.7. The number of hydrogen-bond acceptors (Lipinski definition) is 4. The highest BCUT2D eigenvalue weighted by Crippen LogP contribution is 2.33. The van der Waals surface area contributed by atoms with Crippen molar-refractivity contribution in [2.45, 2.75) is 12.5 Å². The van der Waals surface area contributed by atoms with E-state index in [0.29, 0.717) is 16.0 Å². The number of methoxy groups -OCH3 is 1. The van der Waals surface area contributed by atoms with Crippen LogP contribution in [0.2, 0.25) is 5.02 Å². The van der Waals surface area contributed by atoms with Crippen LogP contribution in [0.3, 0.4) is 0 Å². The summed E-state index contributed by atoms with van der Waals surface area (Å²) in [5.74, 6) is -0.0232. The van der Waals surface area contributed by atoms with Crippen molar-refractivity contribution in [2.75, 3.05) is 31.7 Å². The van der Waals surface area contributed by atoms with Crippen molar-refractivity contribution in [3.05, 3.63) is 51.7 Å². The van der Waals surface area contributed by atoms with Crippen molar-refractivity contribution < 1.29 is 18.7 Å². The smallest absolute Gasteiger partial charge is 0.258 e. The van der Waals surface area contributed by atoms with Gasteiger partial charge in [-0.3, -0.25) is 4.79 Å². The average Bonchev–Trinajstić information content (AvgIpc) is 3.09. The topological polar surface area (TPSA) is 50.8 Å². The molecule has 2 aromatic carbocycles. The Morgan fingerprint density at radius 2 is 2.11 bits per heavy atom. The van der Waals surface area contributed by atoms with Crippen LogP contribution in [-0.4, -0.2) is 38.8 Å². The fourth-order valence-electron chi connectivity index (χ4n) is 3.01. The van der Waals surface area contributed by atoms with Gasteiger partial charge >= 0.3 is 0 Å². The zero-order valence-electron chi connectivity index (χ0n) is 14.7. The second-order valence-corrected chi connectivity index (χ2v) is 7.53. The van der Waals surface area contributed by atoms with Gasteiger partial charge in [0.25, 0.3) is 5.91 Å². The van der Waals surface area contributed by atoms with E-state index < -0.39 is 5.82 Å². The van der Waals surface area contributed by atoms with Gasteiger partial charge in [0.15, 0.2) is 18.2 Å². The normalized spacial score (nSPS) is 16.3. The first-order chi connectivity index (χ1) is 13.0. The number of amides is 1. The molecule has 1 unspecified atom stereocenters. The maximum atomic E-state index is 13.7. The van der Waals surface area contributed by atoms with Crippen LogP contribution in [0.15, 0.2) is 40.9 Å². The third-order valence-electron chi connectivity index (χ3n) is 4.29. The van der Waals surface area contributed by atoms with Crippen LogP contribution in [0.5, 0.6) is 11.5 Å². The van der Waals surface area contributed by atoms with Gasteiger partial charge in [-0.1, -0.05) is 27.5 Å². The van der Waals surface area contributed by atoms with Gasteiger partial charge < -0.3 is 19.7 Å². The van der Waals surface area contributed by atoms with Crippen LogP contribution in [0.4, 0.5) is 10.1 Å². The highest BCUT2D eigenvalue weighted by molar-refractivity contribution is 9.10. The lowest BCUT2D eigenvalue weighted by molar-refractivity contribution is -0.123. The molecule has 1 aliphatic rings. The van der Waals surface area contributed by atoms with E-state index in [-0.39, 0.29) is 24.3 Å². The maximum Gasteiger partial charge on any atom is 0.258 e. The van der Waals surface area contributed by atoms with Crippen LogP contribution in [0.1, 0.15) is 6.42 Å². The van der Waals surface area contributed by atoms with Gasteiger partial charge in [0.1, 0.15) is 5.75 Å². The van der Waals surface area contributed by atoms with Gasteiger partial charge in [0.05, 0.1) is 12.8 Å². The van der Waals surface area contributed by atoms with Crippen molar-refractivity contribution in [3.8, 4) is 11.5 Å². The number of nitrogens with one attached hydrogen (secondary N) is 1. The van der Waals surface area contributed by atoms with Gasteiger partial charge in [0.2, 0.25) is 0 Å². The number of nitrogens with zero attached hydrogens (tertiary/aromatic N) is 1. The predicted molar refractivity (Wildman–Crippen MR) is 106 cm³/mol. The summed E-state index contributed by atoms with van der Waals surface area (Å²) in [6, 6.07) is 9.85. The Labute approximate surface area is 170 Å². The van der Waals surface area contributed by atoms with Crippen LogP contribution < -0.4 is 19.7 Å². The van der Waals surface area contributed by atoms with Gasteiger partial charge in [-0.05, 0) is 42.8 Å². The van der Waals surface area contributed by atoms with E-state index in [0.717, 1.165) is 24.4 Å². The standard InChI is InChI=1S/C19H19BrClFN2O3/c1-26-18-5-3-13(21)9-16(18)24-7-6-14(10-24)23-19(25)11-27-17-4-2-12(20)8-15(17)22/h2-5,8-9,14H,6-7,10-11H2,1H3,(H,23,25). The summed E-state index contributed by atoms with van der Waals surface area (Å²) in [4.78, 5) is 14.3. The second kappa shape index (κ2) is 8.80. The minimum Gasteiger partial charge on any atom is -0.495 e. The molecule has 3 rings (SSSR count). The molecule has 2 aromatic rings. The zero-order chi connectivity index (χ0) is 19.4. The average molecular weight is 458 g/mol. The van der Waals surface area contributed by atoms with Crippen LogP contribution >= 0.6 is 27.5 Å². The number of rotatable bonds is 6.